The second kappa shape index (κ2) is 8.29. The van der Waals surface area contributed by atoms with Crippen LogP contribution in [0, 0.1) is 10.1 Å². The summed E-state index contributed by atoms with van der Waals surface area (Å²) in [5.74, 6) is -0.0638. The van der Waals surface area contributed by atoms with Gasteiger partial charge in [-0.15, -0.1) is 0 Å². The minimum Gasteiger partial charge on any atom is -0.493 e. The molecule has 7 nitrogen and oxygen atoms in total. The van der Waals surface area contributed by atoms with Crippen molar-refractivity contribution in [2.75, 3.05) is 14.2 Å². The quantitative estimate of drug-likeness (QED) is 0.601. The van der Waals surface area contributed by atoms with E-state index >= 15 is 0 Å². The SMILES string of the molecule is COc1cc(C(=O)NC(C)c2ccc3c(c2)CCCC3)c([N+](=O)[O-])cc1OC. The number of ether oxygens (including phenoxy) is 2. The lowest BCUT2D eigenvalue weighted by Gasteiger charge is -2.20. The molecule has 0 aromatic heterocycles. The number of hydrogen-bond acceptors (Lipinski definition) is 5. The average Bonchev–Trinajstić information content (AvgIpc) is 2.71. The Labute approximate surface area is 163 Å². The number of nitrogens with one attached hydrogen (secondary N) is 1. The molecule has 0 saturated heterocycles. The molecule has 0 aliphatic heterocycles. The van der Waals surface area contributed by atoms with E-state index in [4.69, 9.17) is 9.47 Å². The Morgan fingerprint density at radius 2 is 1.71 bits per heavy atom. The van der Waals surface area contributed by atoms with Crippen LogP contribution < -0.4 is 14.8 Å². The summed E-state index contributed by atoms with van der Waals surface area (Å²) < 4.78 is 10.3. The molecule has 0 heterocycles. The summed E-state index contributed by atoms with van der Waals surface area (Å²) in [6.45, 7) is 1.87. The Hall–Kier alpha value is -3.09. The zero-order valence-corrected chi connectivity index (χ0v) is 16.3. The molecular weight excluding hydrogens is 360 g/mol. The molecule has 148 valence electrons. The van der Waals surface area contributed by atoms with Gasteiger partial charge in [-0.3, -0.25) is 14.9 Å². The van der Waals surface area contributed by atoms with Crippen LogP contribution in [0.5, 0.6) is 11.5 Å². The highest BCUT2D eigenvalue weighted by molar-refractivity contribution is 5.99. The maximum atomic E-state index is 12.8. The fourth-order valence-electron chi connectivity index (χ4n) is 3.58. The van der Waals surface area contributed by atoms with Gasteiger partial charge < -0.3 is 14.8 Å². The predicted molar refractivity (Wildman–Crippen MR) is 105 cm³/mol. The third-order valence-corrected chi connectivity index (χ3v) is 5.16. The van der Waals surface area contributed by atoms with Crippen molar-refractivity contribution >= 4 is 11.6 Å². The van der Waals surface area contributed by atoms with E-state index in [0.717, 1.165) is 18.4 Å². The van der Waals surface area contributed by atoms with Crippen LogP contribution >= 0.6 is 0 Å². The van der Waals surface area contributed by atoms with E-state index < -0.39 is 10.8 Å². The minimum absolute atomic E-state index is 0.0625. The number of carbonyl (C=O) groups excluding carboxylic acids is 1. The normalized spacial score (nSPS) is 14.0. The Morgan fingerprint density at radius 3 is 2.36 bits per heavy atom. The molecule has 2 aromatic carbocycles. The van der Waals surface area contributed by atoms with Crippen LogP contribution in [0.15, 0.2) is 30.3 Å². The number of carbonyl (C=O) groups is 1. The highest BCUT2D eigenvalue weighted by atomic mass is 16.6. The summed E-state index contributed by atoms with van der Waals surface area (Å²) in [6, 6.07) is 8.52. The number of nitro benzene ring substituents is 1. The summed E-state index contributed by atoms with van der Waals surface area (Å²) in [7, 11) is 2.81. The topological polar surface area (TPSA) is 90.7 Å². The molecular formula is C21H24N2O5. The smallest absolute Gasteiger partial charge is 0.286 e. The van der Waals surface area contributed by atoms with Gasteiger partial charge in [-0.05, 0) is 49.3 Å². The number of amides is 1. The van der Waals surface area contributed by atoms with Crippen LogP contribution in [0.3, 0.4) is 0 Å². The number of benzene rings is 2. The monoisotopic (exact) mass is 384 g/mol. The molecule has 2 aromatic rings. The highest BCUT2D eigenvalue weighted by Gasteiger charge is 2.25. The lowest BCUT2D eigenvalue weighted by molar-refractivity contribution is -0.385. The van der Waals surface area contributed by atoms with Crippen molar-refractivity contribution in [3.8, 4) is 11.5 Å². The fraction of sp³-hybridized carbons (Fsp3) is 0.381. The molecule has 1 aliphatic rings. The van der Waals surface area contributed by atoms with E-state index in [-0.39, 0.29) is 28.8 Å². The van der Waals surface area contributed by atoms with Crippen molar-refractivity contribution in [2.45, 2.75) is 38.6 Å². The number of nitrogens with zero attached hydrogens (tertiary/aromatic N) is 1. The average molecular weight is 384 g/mol. The van der Waals surface area contributed by atoms with E-state index in [1.54, 1.807) is 0 Å². The van der Waals surface area contributed by atoms with Gasteiger partial charge in [0, 0.05) is 6.07 Å². The Morgan fingerprint density at radius 1 is 1.07 bits per heavy atom. The van der Waals surface area contributed by atoms with E-state index in [2.05, 4.69) is 17.4 Å². The van der Waals surface area contributed by atoms with Gasteiger partial charge in [0.05, 0.1) is 31.3 Å². The standard InChI is InChI=1S/C21H24N2O5/c1-13(15-9-8-14-6-4-5-7-16(14)10-15)22-21(24)17-11-19(27-2)20(28-3)12-18(17)23(25)26/h8-13H,4-7H2,1-3H3,(H,22,24). The van der Waals surface area contributed by atoms with E-state index in [0.29, 0.717) is 0 Å². The first-order valence-electron chi connectivity index (χ1n) is 9.27. The first-order valence-corrected chi connectivity index (χ1v) is 9.27. The molecule has 1 amide bonds. The molecule has 7 heteroatoms. The Bertz CT molecular complexity index is 910. The number of fused-ring (bicyclic) bond motifs is 1. The minimum atomic E-state index is -0.597. The molecule has 0 saturated carbocycles. The van der Waals surface area contributed by atoms with Crippen LogP contribution in [0.25, 0.3) is 0 Å². The maximum Gasteiger partial charge on any atom is 0.286 e. The first kappa shape index (κ1) is 19.7. The van der Waals surface area contributed by atoms with Crippen LogP contribution in [0.1, 0.15) is 52.9 Å². The molecule has 0 spiro atoms. The van der Waals surface area contributed by atoms with E-state index in [9.17, 15) is 14.9 Å². The number of rotatable bonds is 6. The van der Waals surface area contributed by atoms with Gasteiger partial charge in [0.25, 0.3) is 11.6 Å². The Balaban J connectivity index is 1.87. The molecule has 0 radical (unpaired) electrons. The molecule has 28 heavy (non-hydrogen) atoms. The van der Waals surface area contributed by atoms with Gasteiger partial charge >= 0.3 is 0 Å². The van der Waals surface area contributed by atoms with Gasteiger partial charge in [0.1, 0.15) is 5.56 Å². The number of hydrogen-bond donors (Lipinski definition) is 1. The molecule has 3 rings (SSSR count). The first-order chi connectivity index (χ1) is 13.4. The van der Waals surface area contributed by atoms with Crippen molar-refractivity contribution in [1.29, 1.82) is 0 Å². The van der Waals surface area contributed by atoms with Crippen LogP contribution in [-0.4, -0.2) is 25.1 Å². The molecule has 1 unspecified atom stereocenters. The van der Waals surface area contributed by atoms with E-state index in [1.165, 1.54) is 50.3 Å². The van der Waals surface area contributed by atoms with Crippen molar-refractivity contribution in [2.24, 2.45) is 0 Å². The molecule has 0 fully saturated rings. The van der Waals surface area contributed by atoms with Crippen LogP contribution in [-0.2, 0) is 12.8 Å². The van der Waals surface area contributed by atoms with E-state index in [1.807, 2.05) is 13.0 Å². The second-order valence-electron chi connectivity index (χ2n) is 6.91. The van der Waals surface area contributed by atoms with Gasteiger partial charge in [0.15, 0.2) is 11.5 Å². The predicted octanol–water partition coefficient (Wildman–Crippen LogP) is 3.98. The third kappa shape index (κ3) is 3.93. The summed E-state index contributed by atoms with van der Waals surface area (Å²) >= 11 is 0. The van der Waals surface area contributed by atoms with Gasteiger partial charge in [-0.25, -0.2) is 0 Å². The lowest BCUT2D eigenvalue weighted by Crippen LogP contribution is -2.27. The largest absolute Gasteiger partial charge is 0.493 e. The van der Waals surface area contributed by atoms with Gasteiger partial charge in [0.2, 0.25) is 0 Å². The zero-order valence-electron chi connectivity index (χ0n) is 16.3. The van der Waals surface area contributed by atoms with Gasteiger partial charge in [-0.2, -0.15) is 0 Å². The van der Waals surface area contributed by atoms with Crippen LogP contribution in [0.4, 0.5) is 5.69 Å². The Kier molecular flexibility index (Phi) is 5.82. The summed E-state index contributed by atoms with van der Waals surface area (Å²) in [6.07, 6.45) is 4.52. The molecule has 1 atom stereocenters. The number of aryl methyl sites for hydroxylation is 2. The second-order valence-corrected chi connectivity index (χ2v) is 6.91. The third-order valence-electron chi connectivity index (χ3n) is 5.16. The van der Waals surface area contributed by atoms with Crippen molar-refractivity contribution < 1.29 is 19.2 Å². The summed E-state index contributed by atoms with van der Waals surface area (Å²) in [4.78, 5) is 23.6. The molecule has 1 aliphatic carbocycles. The molecule has 1 N–H and O–H groups in total. The van der Waals surface area contributed by atoms with Crippen LogP contribution in [0.2, 0.25) is 0 Å². The molecule has 0 bridgehead atoms. The van der Waals surface area contributed by atoms with Crippen molar-refractivity contribution in [1.82, 2.24) is 5.32 Å². The number of nitro groups is 1. The maximum absolute atomic E-state index is 12.8. The van der Waals surface area contributed by atoms with Crippen molar-refractivity contribution in [3.05, 3.63) is 62.7 Å². The summed E-state index contributed by atoms with van der Waals surface area (Å²) in [5, 5.41) is 14.3. The fourth-order valence-corrected chi connectivity index (χ4v) is 3.58. The zero-order chi connectivity index (χ0) is 20.3. The van der Waals surface area contributed by atoms with Crippen molar-refractivity contribution in [3.63, 3.8) is 0 Å². The number of methoxy groups -OCH3 is 2. The lowest BCUT2D eigenvalue weighted by atomic mass is 9.89. The van der Waals surface area contributed by atoms with Gasteiger partial charge in [-0.1, -0.05) is 18.2 Å². The highest BCUT2D eigenvalue weighted by Crippen LogP contribution is 2.35. The summed E-state index contributed by atoms with van der Waals surface area (Å²) in [5.41, 5.74) is 3.28.